The zero-order valence-corrected chi connectivity index (χ0v) is 7.84. The highest BCUT2D eigenvalue weighted by molar-refractivity contribution is 5.86. The molecule has 2 aromatic rings. The van der Waals surface area contributed by atoms with E-state index in [1.54, 1.807) is 6.92 Å². The van der Waals surface area contributed by atoms with E-state index in [9.17, 15) is 13.2 Å². The van der Waals surface area contributed by atoms with Crippen molar-refractivity contribution in [1.82, 2.24) is 10.2 Å². The van der Waals surface area contributed by atoms with Crippen LogP contribution in [0.4, 0.5) is 13.2 Å². The quantitative estimate of drug-likeness (QED) is 0.726. The fourth-order valence-corrected chi connectivity index (χ4v) is 1.49. The summed E-state index contributed by atoms with van der Waals surface area (Å²) in [4.78, 5) is 0. The van der Waals surface area contributed by atoms with Gasteiger partial charge in [-0.15, -0.1) is 0 Å². The Labute approximate surface area is 83.7 Å². The molecule has 0 N–H and O–H groups in total. The van der Waals surface area contributed by atoms with Crippen molar-refractivity contribution in [1.29, 1.82) is 0 Å². The SMILES string of the molecule is Cc1nncc2c(C(F)F)cc(F)cc12. The molecule has 1 heterocycles. The molecule has 78 valence electrons. The number of nitrogens with zero attached hydrogens (tertiary/aromatic N) is 2. The molecule has 0 unspecified atom stereocenters. The molecule has 0 radical (unpaired) electrons. The molecule has 2 rings (SSSR count). The van der Waals surface area contributed by atoms with Gasteiger partial charge in [0.15, 0.2) is 0 Å². The number of halogens is 3. The third-order valence-electron chi connectivity index (χ3n) is 2.20. The van der Waals surface area contributed by atoms with Crippen LogP contribution in [0.3, 0.4) is 0 Å². The van der Waals surface area contributed by atoms with Gasteiger partial charge in [-0.1, -0.05) is 0 Å². The van der Waals surface area contributed by atoms with Crippen LogP contribution in [-0.4, -0.2) is 10.2 Å². The van der Waals surface area contributed by atoms with E-state index in [-0.39, 0.29) is 10.9 Å². The minimum atomic E-state index is -2.72. The van der Waals surface area contributed by atoms with Crippen LogP contribution in [0.1, 0.15) is 17.7 Å². The first-order valence-electron chi connectivity index (χ1n) is 4.29. The van der Waals surface area contributed by atoms with Crippen LogP contribution in [0, 0.1) is 12.7 Å². The summed E-state index contributed by atoms with van der Waals surface area (Å²) in [6, 6.07) is 2.01. The van der Waals surface area contributed by atoms with Gasteiger partial charge in [0.05, 0.1) is 11.9 Å². The van der Waals surface area contributed by atoms with E-state index in [2.05, 4.69) is 10.2 Å². The number of benzene rings is 1. The second-order valence-electron chi connectivity index (χ2n) is 3.19. The Bertz CT molecular complexity index is 511. The Morgan fingerprint density at radius 1 is 1.20 bits per heavy atom. The van der Waals surface area contributed by atoms with Crippen molar-refractivity contribution in [2.45, 2.75) is 13.3 Å². The smallest absolute Gasteiger partial charge is 0.207 e. The average Bonchev–Trinajstić information content (AvgIpc) is 2.18. The summed E-state index contributed by atoms with van der Waals surface area (Å²) in [6.07, 6.45) is -1.49. The summed E-state index contributed by atoms with van der Waals surface area (Å²) in [5.41, 5.74) is 0.0944. The summed E-state index contributed by atoms with van der Waals surface area (Å²) in [6.45, 7) is 1.60. The van der Waals surface area contributed by atoms with Crippen LogP contribution in [0.25, 0.3) is 10.8 Å². The third kappa shape index (κ3) is 1.65. The minimum Gasteiger partial charge on any atom is -0.207 e. The van der Waals surface area contributed by atoms with Gasteiger partial charge in [-0.2, -0.15) is 10.2 Å². The molecule has 0 aliphatic rings. The largest absolute Gasteiger partial charge is 0.264 e. The van der Waals surface area contributed by atoms with Crippen molar-refractivity contribution < 1.29 is 13.2 Å². The van der Waals surface area contributed by atoms with Gasteiger partial charge >= 0.3 is 0 Å². The fourth-order valence-electron chi connectivity index (χ4n) is 1.49. The predicted octanol–water partition coefficient (Wildman–Crippen LogP) is 3.01. The van der Waals surface area contributed by atoms with Crippen LogP contribution in [0.15, 0.2) is 18.3 Å². The molecule has 15 heavy (non-hydrogen) atoms. The number of hydrogen-bond acceptors (Lipinski definition) is 2. The van der Waals surface area contributed by atoms with E-state index in [0.717, 1.165) is 6.07 Å². The van der Waals surface area contributed by atoms with Crippen molar-refractivity contribution in [3.8, 4) is 0 Å². The normalized spacial score (nSPS) is 11.3. The van der Waals surface area contributed by atoms with Crippen molar-refractivity contribution in [3.63, 3.8) is 0 Å². The van der Waals surface area contributed by atoms with Crippen molar-refractivity contribution in [2.24, 2.45) is 0 Å². The molecular weight excluding hydrogens is 205 g/mol. The molecule has 0 aliphatic heterocycles. The van der Waals surface area contributed by atoms with Crippen LogP contribution in [0.5, 0.6) is 0 Å². The predicted molar refractivity (Wildman–Crippen MR) is 49.2 cm³/mol. The molecule has 0 spiro atoms. The summed E-state index contributed by atoms with van der Waals surface area (Å²) in [5.74, 6) is -0.686. The van der Waals surface area contributed by atoms with E-state index in [1.165, 1.54) is 12.3 Å². The first-order chi connectivity index (χ1) is 7.09. The molecule has 2 nitrogen and oxygen atoms in total. The fraction of sp³-hybridized carbons (Fsp3) is 0.200. The molecule has 5 heteroatoms. The van der Waals surface area contributed by atoms with Gasteiger partial charge in [0.25, 0.3) is 6.43 Å². The second kappa shape index (κ2) is 3.49. The number of aromatic nitrogens is 2. The zero-order valence-electron chi connectivity index (χ0n) is 7.84. The first kappa shape index (κ1) is 9.89. The van der Waals surface area contributed by atoms with Gasteiger partial charge in [0.2, 0.25) is 0 Å². The Hall–Kier alpha value is -1.65. The Morgan fingerprint density at radius 3 is 2.60 bits per heavy atom. The maximum atomic E-state index is 13.1. The molecule has 0 saturated heterocycles. The van der Waals surface area contributed by atoms with Crippen molar-refractivity contribution in [2.75, 3.05) is 0 Å². The van der Waals surface area contributed by atoms with E-state index in [1.807, 2.05) is 0 Å². The van der Waals surface area contributed by atoms with E-state index >= 15 is 0 Å². The topological polar surface area (TPSA) is 25.8 Å². The standard InChI is InChI=1S/C10H7F3N2/c1-5-7-2-6(11)3-8(10(12)13)9(7)4-14-15-5/h2-4,10H,1H3. The molecule has 0 amide bonds. The number of rotatable bonds is 1. The first-order valence-corrected chi connectivity index (χ1v) is 4.29. The molecule has 0 atom stereocenters. The molecule has 1 aromatic carbocycles. The Kier molecular flexibility index (Phi) is 2.30. The van der Waals surface area contributed by atoms with Gasteiger partial charge in [-0.25, -0.2) is 13.2 Å². The molecular formula is C10H7F3N2. The maximum absolute atomic E-state index is 13.1. The zero-order chi connectivity index (χ0) is 11.0. The summed E-state index contributed by atoms with van der Waals surface area (Å²) >= 11 is 0. The molecule has 0 fully saturated rings. The molecule has 1 aromatic heterocycles. The van der Waals surface area contributed by atoms with E-state index in [0.29, 0.717) is 11.1 Å². The molecule has 0 aliphatic carbocycles. The Morgan fingerprint density at radius 2 is 1.93 bits per heavy atom. The van der Waals surface area contributed by atoms with Crippen molar-refractivity contribution >= 4 is 10.8 Å². The summed E-state index contributed by atoms with van der Waals surface area (Å²) in [7, 11) is 0. The minimum absolute atomic E-state index is 0.249. The number of alkyl halides is 2. The van der Waals surface area contributed by atoms with Gasteiger partial charge < -0.3 is 0 Å². The number of hydrogen-bond donors (Lipinski definition) is 0. The van der Waals surface area contributed by atoms with Crippen LogP contribution < -0.4 is 0 Å². The number of aryl methyl sites for hydroxylation is 1. The lowest BCUT2D eigenvalue weighted by Crippen LogP contribution is -1.94. The lowest BCUT2D eigenvalue weighted by atomic mass is 10.1. The monoisotopic (exact) mass is 212 g/mol. The lowest BCUT2D eigenvalue weighted by Gasteiger charge is -2.06. The third-order valence-corrected chi connectivity index (χ3v) is 2.20. The van der Waals surface area contributed by atoms with Crippen LogP contribution in [-0.2, 0) is 0 Å². The Balaban J connectivity index is 2.86. The van der Waals surface area contributed by atoms with Gasteiger partial charge in [-0.05, 0) is 19.1 Å². The van der Waals surface area contributed by atoms with Gasteiger partial charge in [-0.3, -0.25) is 0 Å². The summed E-state index contributed by atoms with van der Waals surface area (Å²) < 4.78 is 38.2. The maximum Gasteiger partial charge on any atom is 0.264 e. The highest BCUT2D eigenvalue weighted by Gasteiger charge is 2.14. The average molecular weight is 212 g/mol. The highest BCUT2D eigenvalue weighted by atomic mass is 19.3. The molecule has 0 bridgehead atoms. The van der Waals surface area contributed by atoms with E-state index in [4.69, 9.17) is 0 Å². The number of fused-ring (bicyclic) bond motifs is 1. The highest BCUT2D eigenvalue weighted by Crippen LogP contribution is 2.29. The van der Waals surface area contributed by atoms with Gasteiger partial charge in [0, 0.05) is 16.3 Å². The second-order valence-corrected chi connectivity index (χ2v) is 3.19. The summed E-state index contributed by atoms with van der Waals surface area (Å²) in [5, 5.41) is 7.89. The molecule has 0 saturated carbocycles. The van der Waals surface area contributed by atoms with Crippen LogP contribution >= 0.6 is 0 Å². The van der Waals surface area contributed by atoms with E-state index < -0.39 is 12.2 Å². The van der Waals surface area contributed by atoms with Gasteiger partial charge in [0.1, 0.15) is 5.82 Å². The lowest BCUT2D eigenvalue weighted by molar-refractivity contribution is 0.152. The van der Waals surface area contributed by atoms with Crippen molar-refractivity contribution in [3.05, 3.63) is 35.4 Å². The van der Waals surface area contributed by atoms with Crippen LogP contribution in [0.2, 0.25) is 0 Å².